The predicted octanol–water partition coefficient (Wildman–Crippen LogP) is 0.719. The Hall–Kier alpha value is -1.84. The molecule has 0 aliphatic carbocycles. The molecule has 0 bridgehead atoms. The number of ether oxygens (including phenoxy) is 1. The van der Waals surface area contributed by atoms with Crippen molar-refractivity contribution in [1.29, 1.82) is 0 Å². The third kappa shape index (κ3) is 2.94. The number of hydrogen-bond donors (Lipinski definition) is 1. The second-order valence-electron chi connectivity index (χ2n) is 2.33. The van der Waals surface area contributed by atoms with Gasteiger partial charge in [0.15, 0.2) is 6.61 Å². The maximum absolute atomic E-state index is 10.6. The molecule has 0 aliphatic heterocycles. The molecule has 1 N–H and O–H groups in total. The minimum Gasteiger partial charge on any atom is -0.485 e. The molecule has 0 spiro atoms. The molecule has 0 aliphatic rings. The van der Waals surface area contributed by atoms with Gasteiger partial charge in [-0.25, -0.2) is 4.79 Å². The zero-order valence-corrected chi connectivity index (χ0v) is 6.77. The predicted molar refractivity (Wildman–Crippen MR) is 44.6 cm³/mol. The first-order valence-electron chi connectivity index (χ1n) is 3.64. The van der Waals surface area contributed by atoms with Crippen LogP contribution in [-0.2, 0) is 9.59 Å². The molecule has 1 aromatic rings. The highest BCUT2D eigenvalue weighted by molar-refractivity contribution is 6.33. The summed E-state index contributed by atoms with van der Waals surface area (Å²) in [4.78, 5) is 20.7. The van der Waals surface area contributed by atoms with Crippen LogP contribution in [0.1, 0.15) is 0 Å². The molecule has 0 unspecified atom stereocenters. The van der Waals surface area contributed by atoms with Crippen molar-refractivity contribution in [3.8, 4) is 5.75 Å². The number of para-hydroxylation sites is 1. The highest BCUT2D eigenvalue weighted by atomic mass is 16.5. The molecule has 0 saturated heterocycles. The van der Waals surface area contributed by atoms with E-state index in [4.69, 9.17) is 9.84 Å². The van der Waals surface area contributed by atoms with Gasteiger partial charge in [0.05, 0.1) is 0 Å². The average Bonchev–Trinajstić information content (AvgIpc) is 2.15. The Morgan fingerprint density at radius 1 is 1.23 bits per heavy atom. The number of rotatable bonds is 4. The van der Waals surface area contributed by atoms with Crippen LogP contribution in [-0.4, -0.2) is 23.5 Å². The van der Waals surface area contributed by atoms with Crippen molar-refractivity contribution in [2.45, 2.75) is 0 Å². The molecule has 1 aromatic carbocycles. The first-order chi connectivity index (χ1) is 6.20. The fraction of sp³-hybridized carbons (Fsp3) is 0.111. The topological polar surface area (TPSA) is 63.6 Å². The van der Waals surface area contributed by atoms with Gasteiger partial charge < -0.3 is 9.84 Å². The number of carboxylic acids is 1. The second kappa shape index (κ2) is 4.25. The average molecular weight is 180 g/mol. The first kappa shape index (κ1) is 9.25. The summed E-state index contributed by atoms with van der Waals surface area (Å²) >= 11 is 0. The van der Waals surface area contributed by atoms with E-state index < -0.39 is 18.4 Å². The largest absolute Gasteiger partial charge is 0.485 e. The maximum atomic E-state index is 10.6. The maximum Gasteiger partial charge on any atom is 0.375 e. The minimum absolute atomic E-state index is 0.431. The van der Waals surface area contributed by atoms with Crippen molar-refractivity contribution < 1.29 is 19.4 Å². The van der Waals surface area contributed by atoms with E-state index in [2.05, 4.69) is 0 Å². The molecule has 1 rings (SSSR count). The van der Waals surface area contributed by atoms with Gasteiger partial charge in [-0.1, -0.05) is 18.2 Å². The molecule has 0 amide bonds. The lowest BCUT2D eigenvalue weighted by molar-refractivity contribution is -0.150. The number of carbonyl (C=O) groups excluding carboxylic acids is 1. The SMILES string of the molecule is O=C(O)C(=O)COc1ccccc1. The third-order valence-corrected chi connectivity index (χ3v) is 1.35. The summed E-state index contributed by atoms with van der Waals surface area (Å²) < 4.78 is 4.90. The number of aliphatic carboxylic acids is 1. The summed E-state index contributed by atoms with van der Waals surface area (Å²) in [5.41, 5.74) is 0. The van der Waals surface area contributed by atoms with E-state index in [1.165, 1.54) is 0 Å². The molecule has 0 aromatic heterocycles. The van der Waals surface area contributed by atoms with Gasteiger partial charge in [0.2, 0.25) is 0 Å². The lowest BCUT2D eigenvalue weighted by Gasteiger charge is -2.01. The van der Waals surface area contributed by atoms with Crippen molar-refractivity contribution in [2.75, 3.05) is 6.61 Å². The van der Waals surface area contributed by atoms with Gasteiger partial charge in [-0.15, -0.1) is 0 Å². The van der Waals surface area contributed by atoms with E-state index in [1.54, 1.807) is 30.3 Å². The van der Waals surface area contributed by atoms with Gasteiger partial charge in [0.1, 0.15) is 5.75 Å². The van der Waals surface area contributed by atoms with Crippen LogP contribution in [0.3, 0.4) is 0 Å². The van der Waals surface area contributed by atoms with Crippen molar-refractivity contribution in [3.05, 3.63) is 30.3 Å². The van der Waals surface area contributed by atoms with Gasteiger partial charge in [-0.3, -0.25) is 4.79 Å². The normalized spacial score (nSPS) is 9.23. The molecule has 13 heavy (non-hydrogen) atoms. The number of ketones is 1. The van der Waals surface area contributed by atoms with Crippen molar-refractivity contribution >= 4 is 11.8 Å². The summed E-state index contributed by atoms with van der Waals surface area (Å²) in [5.74, 6) is -1.95. The van der Waals surface area contributed by atoms with E-state index in [0.29, 0.717) is 5.75 Å². The lowest BCUT2D eigenvalue weighted by Crippen LogP contribution is -2.20. The number of carbonyl (C=O) groups is 2. The summed E-state index contributed by atoms with van der Waals surface area (Å²) in [6.07, 6.45) is 0. The molecule has 0 heterocycles. The molecule has 4 nitrogen and oxygen atoms in total. The second-order valence-corrected chi connectivity index (χ2v) is 2.33. The van der Waals surface area contributed by atoms with Crippen LogP contribution >= 0.6 is 0 Å². The summed E-state index contributed by atoms with van der Waals surface area (Å²) in [5, 5.41) is 8.23. The van der Waals surface area contributed by atoms with Gasteiger partial charge >= 0.3 is 5.97 Å². The zero-order valence-electron chi connectivity index (χ0n) is 6.77. The molecule has 0 saturated carbocycles. The van der Waals surface area contributed by atoms with Crippen molar-refractivity contribution in [1.82, 2.24) is 0 Å². The fourth-order valence-electron chi connectivity index (χ4n) is 0.727. The fourth-order valence-corrected chi connectivity index (χ4v) is 0.727. The van der Waals surface area contributed by atoms with Gasteiger partial charge in [0, 0.05) is 0 Å². The molecule has 0 atom stereocenters. The Labute approximate surface area is 74.8 Å². The summed E-state index contributed by atoms with van der Waals surface area (Å²) in [6.45, 7) is -0.431. The van der Waals surface area contributed by atoms with Gasteiger partial charge in [0.25, 0.3) is 5.78 Å². The van der Waals surface area contributed by atoms with E-state index >= 15 is 0 Å². The standard InChI is InChI=1S/C9H8O4/c10-8(9(11)12)6-13-7-4-2-1-3-5-7/h1-5H,6H2,(H,11,12). The molecular weight excluding hydrogens is 172 g/mol. The van der Waals surface area contributed by atoms with Crippen LogP contribution in [0.2, 0.25) is 0 Å². The number of benzene rings is 1. The summed E-state index contributed by atoms with van der Waals surface area (Å²) in [6, 6.07) is 8.57. The van der Waals surface area contributed by atoms with Crippen molar-refractivity contribution in [3.63, 3.8) is 0 Å². The van der Waals surface area contributed by atoms with E-state index in [0.717, 1.165) is 0 Å². The first-order valence-corrected chi connectivity index (χ1v) is 3.64. The molecule has 0 radical (unpaired) electrons. The Morgan fingerprint density at radius 2 is 1.85 bits per heavy atom. The Balaban J connectivity index is 2.44. The van der Waals surface area contributed by atoms with Crippen molar-refractivity contribution in [2.24, 2.45) is 0 Å². The highest BCUT2D eigenvalue weighted by Gasteiger charge is 2.11. The summed E-state index contributed by atoms with van der Waals surface area (Å²) in [7, 11) is 0. The third-order valence-electron chi connectivity index (χ3n) is 1.35. The molecule has 68 valence electrons. The molecule has 0 fully saturated rings. The van der Waals surface area contributed by atoms with Crippen LogP contribution in [0.4, 0.5) is 0 Å². The van der Waals surface area contributed by atoms with Gasteiger partial charge in [-0.2, -0.15) is 0 Å². The molecule has 4 heteroatoms. The Morgan fingerprint density at radius 3 is 2.38 bits per heavy atom. The van der Waals surface area contributed by atoms with Crippen LogP contribution in [0.15, 0.2) is 30.3 Å². The van der Waals surface area contributed by atoms with Crippen LogP contribution in [0.25, 0.3) is 0 Å². The number of Topliss-reactive ketones (excluding diaryl/α,β-unsaturated/α-hetero) is 1. The van der Waals surface area contributed by atoms with E-state index in [9.17, 15) is 9.59 Å². The lowest BCUT2D eigenvalue weighted by atomic mass is 10.3. The Kier molecular flexibility index (Phi) is 3.03. The highest BCUT2D eigenvalue weighted by Crippen LogP contribution is 2.07. The smallest absolute Gasteiger partial charge is 0.375 e. The van der Waals surface area contributed by atoms with Gasteiger partial charge in [-0.05, 0) is 12.1 Å². The molecular formula is C9H8O4. The van der Waals surface area contributed by atoms with Crippen LogP contribution < -0.4 is 4.74 Å². The zero-order chi connectivity index (χ0) is 9.68. The number of carboxylic acid groups (broad SMARTS) is 1. The Bertz CT molecular complexity index is 305. The minimum atomic E-state index is -1.48. The number of hydrogen-bond acceptors (Lipinski definition) is 3. The monoisotopic (exact) mass is 180 g/mol. The van der Waals surface area contributed by atoms with Crippen LogP contribution in [0, 0.1) is 0 Å². The van der Waals surface area contributed by atoms with E-state index in [-0.39, 0.29) is 0 Å². The van der Waals surface area contributed by atoms with Crippen LogP contribution in [0.5, 0.6) is 5.75 Å². The van der Waals surface area contributed by atoms with E-state index in [1.807, 2.05) is 0 Å². The quantitative estimate of drug-likeness (QED) is 0.693.